The highest BCUT2D eigenvalue weighted by Gasteiger charge is 2.20. The van der Waals surface area contributed by atoms with E-state index in [0.29, 0.717) is 24.6 Å². The molecule has 0 radical (unpaired) electrons. The molecule has 1 aliphatic carbocycles. The van der Waals surface area contributed by atoms with Gasteiger partial charge in [-0.25, -0.2) is 4.79 Å². The number of halogens is 1. The minimum absolute atomic E-state index is 0. The van der Waals surface area contributed by atoms with Crippen molar-refractivity contribution in [2.45, 2.75) is 38.7 Å². The standard InChI is InChI=1S/C15H21NO3.ClH/c1-2-14(15(17)18)19-13-6-5-11-4-3-10(9-16)7-12(11)8-13;/h5-6,8,10,14H,2-4,7,9,16H2,1H3,(H,17,18);1H. The fourth-order valence-electron chi connectivity index (χ4n) is 2.56. The minimum Gasteiger partial charge on any atom is -0.479 e. The van der Waals surface area contributed by atoms with Gasteiger partial charge in [-0.05, 0) is 61.4 Å². The lowest BCUT2D eigenvalue weighted by atomic mass is 9.84. The molecule has 20 heavy (non-hydrogen) atoms. The molecule has 112 valence electrons. The second-order valence-electron chi connectivity index (χ2n) is 5.13. The van der Waals surface area contributed by atoms with Crippen LogP contribution in [0.5, 0.6) is 5.75 Å². The highest BCUT2D eigenvalue weighted by atomic mass is 35.5. The number of fused-ring (bicyclic) bond motifs is 1. The fraction of sp³-hybridized carbons (Fsp3) is 0.533. The minimum atomic E-state index is -0.917. The molecule has 1 aromatic rings. The Balaban J connectivity index is 0.00000200. The van der Waals surface area contributed by atoms with Gasteiger partial charge in [0.25, 0.3) is 0 Å². The maximum absolute atomic E-state index is 11.0. The summed E-state index contributed by atoms with van der Waals surface area (Å²) in [5.41, 5.74) is 8.31. The first-order valence-corrected chi connectivity index (χ1v) is 6.85. The number of nitrogens with two attached hydrogens (primary N) is 1. The lowest BCUT2D eigenvalue weighted by Gasteiger charge is -2.24. The maximum atomic E-state index is 11.0. The van der Waals surface area contributed by atoms with Crippen LogP contribution in [-0.4, -0.2) is 23.7 Å². The van der Waals surface area contributed by atoms with Crippen molar-refractivity contribution < 1.29 is 14.6 Å². The molecule has 1 aromatic carbocycles. The summed E-state index contributed by atoms with van der Waals surface area (Å²) in [4.78, 5) is 11.0. The first kappa shape index (κ1) is 16.8. The maximum Gasteiger partial charge on any atom is 0.344 e. The summed E-state index contributed by atoms with van der Waals surface area (Å²) in [7, 11) is 0. The van der Waals surface area contributed by atoms with Crippen molar-refractivity contribution in [3.63, 3.8) is 0 Å². The van der Waals surface area contributed by atoms with Crippen molar-refractivity contribution in [3.8, 4) is 5.75 Å². The number of benzene rings is 1. The topological polar surface area (TPSA) is 72.5 Å². The molecule has 5 heteroatoms. The highest BCUT2D eigenvalue weighted by Crippen LogP contribution is 2.28. The lowest BCUT2D eigenvalue weighted by molar-refractivity contribution is -0.145. The summed E-state index contributed by atoms with van der Waals surface area (Å²) < 4.78 is 5.53. The smallest absolute Gasteiger partial charge is 0.344 e. The second-order valence-corrected chi connectivity index (χ2v) is 5.13. The van der Waals surface area contributed by atoms with E-state index in [4.69, 9.17) is 15.6 Å². The number of rotatable bonds is 5. The number of aliphatic carboxylic acids is 1. The van der Waals surface area contributed by atoms with Gasteiger partial charge in [0.1, 0.15) is 5.75 Å². The average Bonchev–Trinajstić information content (AvgIpc) is 2.43. The lowest BCUT2D eigenvalue weighted by Crippen LogP contribution is -2.26. The largest absolute Gasteiger partial charge is 0.479 e. The fourth-order valence-corrected chi connectivity index (χ4v) is 2.56. The zero-order valence-corrected chi connectivity index (χ0v) is 12.5. The molecule has 0 bridgehead atoms. The molecule has 0 heterocycles. The molecule has 0 amide bonds. The Morgan fingerprint density at radius 2 is 2.25 bits per heavy atom. The van der Waals surface area contributed by atoms with Gasteiger partial charge in [-0.3, -0.25) is 0 Å². The highest BCUT2D eigenvalue weighted by molar-refractivity contribution is 5.85. The van der Waals surface area contributed by atoms with E-state index in [-0.39, 0.29) is 12.4 Å². The molecular formula is C15H22ClNO3. The summed E-state index contributed by atoms with van der Waals surface area (Å²) in [6.07, 6.45) is 2.83. The van der Waals surface area contributed by atoms with Crippen LogP contribution in [0.1, 0.15) is 30.9 Å². The van der Waals surface area contributed by atoms with Crippen molar-refractivity contribution in [1.82, 2.24) is 0 Å². The molecule has 4 nitrogen and oxygen atoms in total. The van der Waals surface area contributed by atoms with E-state index in [1.807, 2.05) is 25.1 Å². The van der Waals surface area contributed by atoms with Gasteiger partial charge in [0.15, 0.2) is 6.10 Å². The Bertz CT molecular complexity index is 464. The number of hydrogen-bond acceptors (Lipinski definition) is 3. The summed E-state index contributed by atoms with van der Waals surface area (Å²) in [5, 5.41) is 9.01. The van der Waals surface area contributed by atoms with Crippen LogP contribution in [0.3, 0.4) is 0 Å². The van der Waals surface area contributed by atoms with Crippen LogP contribution in [-0.2, 0) is 17.6 Å². The molecule has 0 aromatic heterocycles. The van der Waals surface area contributed by atoms with Gasteiger partial charge in [0, 0.05) is 0 Å². The van der Waals surface area contributed by atoms with E-state index < -0.39 is 12.1 Å². The van der Waals surface area contributed by atoms with Gasteiger partial charge in [0.05, 0.1) is 0 Å². The molecule has 3 N–H and O–H groups in total. The normalized spacial score (nSPS) is 18.6. The molecule has 2 atom stereocenters. The molecule has 0 saturated heterocycles. The number of carbonyl (C=O) groups is 1. The van der Waals surface area contributed by atoms with Crippen LogP contribution in [0, 0.1) is 5.92 Å². The first-order valence-electron chi connectivity index (χ1n) is 6.85. The molecule has 0 spiro atoms. The Hall–Kier alpha value is -1.26. The summed E-state index contributed by atoms with van der Waals surface area (Å²) in [6, 6.07) is 5.89. The van der Waals surface area contributed by atoms with Crippen LogP contribution >= 0.6 is 12.4 Å². The third-order valence-electron chi connectivity index (χ3n) is 3.77. The van der Waals surface area contributed by atoms with Crippen molar-refractivity contribution in [3.05, 3.63) is 29.3 Å². The molecule has 2 rings (SSSR count). The van der Waals surface area contributed by atoms with Gasteiger partial charge in [0.2, 0.25) is 0 Å². The van der Waals surface area contributed by atoms with Crippen LogP contribution in [0.4, 0.5) is 0 Å². The zero-order valence-electron chi connectivity index (χ0n) is 11.7. The second kappa shape index (κ2) is 7.50. The summed E-state index contributed by atoms with van der Waals surface area (Å²) in [5.74, 6) is 0.259. The number of ether oxygens (including phenoxy) is 1. The van der Waals surface area contributed by atoms with E-state index in [0.717, 1.165) is 19.3 Å². The Morgan fingerprint density at radius 1 is 1.50 bits per heavy atom. The molecule has 0 aliphatic heterocycles. The Kier molecular flexibility index (Phi) is 6.30. The number of hydrogen-bond donors (Lipinski definition) is 2. The van der Waals surface area contributed by atoms with Crippen molar-refractivity contribution in [2.24, 2.45) is 11.7 Å². The van der Waals surface area contributed by atoms with E-state index in [1.165, 1.54) is 11.1 Å². The molecular weight excluding hydrogens is 278 g/mol. The predicted octanol–water partition coefficient (Wildman–Crippen LogP) is 2.41. The van der Waals surface area contributed by atoms with E-state index >= 15 is 0 Å². The Labute approximate surface area is 125 Å². The van der Waals surface area contributed by atoms with Crippen LogP contribution in [0.15, 0.2) is 18.2 Å². The molecule has 2 unspecified atom stereocenters. The molecule has 0 fully saturated rings. The van der Waals surface area contributed by atoms with Gasteiger partial charge in [-0.2, -0.15) is 0 Å². The summed E-state index contributed by atoms with van der Waals surface area (Å²) in [6.45, 7) is 2.51. The molecule has 1 aliphatic rings. The van der Waals surface area contributed by atoms with Gasteiger partial charge in [-0.15, -0.1) is 12.4 Å². The van der Waals surface area contributed by atoms with Gasteiger partial charge < -0.3 is 15.6 Å². The first-order chi connectivity index (χ1) is 9.13. The Morgan fingerprint density at radius 3 is 2.85 bits per heavy atom. The number of carboxylic acid groups (broad SMARTS) is 1. The van der Waals surface area contributed by atoms with Crippen molar-refractivity contribution in [2.75, 3.05) is 6.54 Å². The van der Waals surface area contributed by atoms with Crippen molar-refractivity contribution >= 4 is 18.4 Å². The van der Waals surface area contributed by atoms with Gasteiger partial charge in [-0.1, -0.05) is 13.0 Å². The number of aryl methyl sites for hydroxylation is 1. The third-order valence-corrected chi connectivity index (χ3v) is 3.77. The quantitative estimate of drug-likeness (QED) is 0.876. The predicted molar refractivity (Wildman–Crippen MR) is 80.6 cm³/mol. The van der Waals surface area contributed by atoms with Crippen molar-refractivity contribution in [1.29, 1.82) is 0 Å². The van der Waals surface area contributed by atoms with Gasteiger partial charge >= 0.3 is 5.97 Å². The number of carboxylic acids is 1. The van der Waals surface area contributed by atoms with E-state index in [1.54, 1.807) is 0 Å². The SMILES string of the molecule is CCC(Oc1ccc2c(c1)CC(CN)CC2)C(=O)O.Cl. The zero-order chi connectivity index (χ0) is 13.8. The average molecular weight is 300 g/mol. The van der Waals surface area contributed by atoms with Crippen LogP contribution in [0.25, 0.3) is 0 Å². The van der Waals surface area contributed by atoms with Crippen LogP contribution < -0.4 is 10.5 Å². The van der Waals surface area contributed by atoms with E-state index in [2.05, 4.69) is 0 Å². The van der Waals surface area contributed by atoms with Crippen LogP contribution in [0.2, 0.25) is 0 Å². The van der Waals surface area contributed by atoms with E-state index in [9.17, 15) is 4.79 Å². The third kappa shape index (κ3) is 3.87. The monoisotopic (exact) mass is 299 g/mol. The summed E-state index contributed by atoms with van der Waals surface area (Å²) >= 11 is 0. The molecule has 0 saturated carbocycles.